The van der Waals surface area contributed by atoms with Gasteiger partial charge >= 0.3 is 0 Å². The lowest BCUT2D eigenvalue weighted by Gasteiger charge is -2.07. The molecule has 2 rings (SSSR count). The Labute approximate surface area is 99.9 Å². The minimum atomic E-state index is 0.344. The Morgan fingerprint density at radius 3 is 2.65 bits per heavy atom. The molecule has 5 nitrogen and oxygen atoms in total. The summed E-state index contributed by atoms with van der Waals surface area (Å²) in [4.78, 5) is 8.34. The Morgan fingerprint density at radius 2 is 2.00 bits per heavy atom. The van der Waals surface area contributed by atoms with Crippen molar-refractivity contribution < 1.29 is 0 Å². The van der Waals surface area contributed by atoms with Crippen LogP contribution in [0.2, 0.25) is 0 Å². The third-order valence-electron chi connectivity index (χ3n) is 2.40. The van der Waals surface area contributed by atoms with Gasteiger partial charge in [0.2, 0.25) is 0 Å². The summed E-state index contributed by atoms with van der Waals surface area (Å²) in [7, 11) is 0. The van der Waals surface area contributed by atoms with E-state index in [-0.39, 0.29) is 0 Å². The number of nitrogen functional groups attached to an aromatic ring is 2. The maximum absolute atomic E-state index is 5.62. The standard InChI is InChI=1S/C12H15N5/c1-8-2-3-9(6-15-8)7-16-11-5-4-10(13)12(14)17-11/h2-6H,7,13H2,1H3,(H3,14,16,17). The maximum atomic E-state index is 5.62. The van der Waals surface area contributed by atoms with Gasteiger partial charge in [0.05, 0.1) is 5.69 Å². The van der Waals surface area contributed by atoms with Crippen molar-refractivity contribution in [1.82, 2.24) is 9.97 Å². The Balaban J connectivity index is 2.02. The minimum absolute atomic E-state index is 0.344. The molecule has 0 saturated carbocycles. The number of hydrogen-bond donors (Lipinski definition) is 3. The van der Waals surface area contributed by atoms with Gasteiger partial charge in [0.25, 0.3) is 0 Å². The highest BCUT2D eigenvalue weighted by Crippen LogP contribution is 2.15. The van der Waals surface area contributed by atoms with Gasteiger partial charge in [0.15, 0.2) is 0 Å². The molecule has 2 aromatic rings. The summed E-state index contributed by atoms with van der Waals surface area (Å²) < 4.78 is 0. The summed E-state index contributed by atoms with van der Waals surface area (Å²) in [6.45, 7) is 2.61. The predicted octanol–water partition coefficient (Wildman–Crippen LogP) is 1.56. The second kappa shape index (κ2) is 4.69. The number of pyridine rings is 2. The normalized spacial score (nSPS) is 10.2. The Bertz CT molecular complexity index is 507. The molecule has 0 amide bonds. The first-order valence-electron chi connectivity index (χ1n) is 5.32. The zero-order valence-corrected chi connectivity index (χ0v) is 9.64. The molecule has 0 atom stereocenters. The third-order valence-corrected chi connectivity index (χ3v) is 2.40. The van der Waals surface area contributed by atoms with E-state index in [9.17, 15) is 0 Å². The number of nitrogens with one attached hydrogen (secondary N) is 1. The Morgan fingerprint density at radius 1 is 1.18 bits per heavy atom. The van der Waals surface area contributed by atoms with E-state index in [0.29, 0.717) is 23.9 Å². The van der Waals surface area contributed by atoms with E-state index in [1.165, 1.54) is 0 Å². The molecule has 0 spiro atoms. The van der Waals surface area contributed by atoms with Crippen molar-refractivity contribution in [2.75, 3.05) is 16.8 Å². The molecule has 0 saturated heterocycles. The molecule has 0 radical (unpaired) electrons. The number of nitrogens with two attached hydrogens (primary N) is 2. The Kier molecular flexibility index (Phi) is 3.09. The number of aromatic nitrogens is 2. The SMILES string of the molecule is Cc1ccc(CNc2ccc(N)c(N)n2)cn1. The van der Waals surface area contributed by atoms with Gasteiger partial charge in [-0.1, -0.05) is 6.07 Å². The average molecular weight is 229 g/mol. The van der Waals surface area contributed by atoms with Gasteiger partial charge in [0.1, 0.15) is 11.6 Å². The van der Waals surface area contributed by atoms with Crippen molar-refractivity contribution in [3.8, 4) is 0 Å². The van der Waals surface area contributed by atoms with Crippen LogP contribution in [0.3, 0.4) is 0 Å². The van der Waals surface area contributed by atoms with Gasteiger partial charge in [-0.3, -0.25) is 4.98 Å². The highest BCUT2D eigenvalue weighted by molar-refractivity contribution is 5.61. The van der Waals surface area contributed by atoms with Crippen LogP contribution in [0, 0.1) is 6.92 Å². The fourth-order valence-electron chi connectivity index (χ4n) is 1.38. The van der Waals surface area contributed by atoms with Crippen molar-refractivity contribution >= 4 is 17.3 Å². The van der Waals surface area contributed by atoms with E-state index in [1.807, 2.05) is 25.3 Å². The molecule has 0 aliphatic carbocycles. The van der Waals surface area contributed by atoms with Crippen LogP contribution in [0.1, 0.15) is 11.3 Å². The number of anilines is 3. The van der Waals surface area contributed by atoms with Crippen molar-refractivity contribution in [2.24, 2.45) is 0 Å². The summed E-state index contributed by atoms with van der Waals surface area (Å²) >= 11 is 0. The first kappa shape index (κ1) is 11.2. The van der Waals surface area contributed by atoms with Gasteiger partial charge in [-0.25, -0.2) is 4.98 Å². The molecule has 0 aliphatic heterocycles. The number of nitrogens with zero attached hydrogens (tertiary/aromatic N) is 2. The largest absolute Gasteiger partial charge is 0.396 e. The lowest BCUT2D eigenvalue weighted by molar-refractivity contribution is 1.07. The Hall–Kier alpha value is -2.30. The van der Waals surface area contributed by atoms with Gasteiger partial charge in [-0.2, -0.15) is 0 Å². The van der Waals surface area contributed by atoms with E-state index in [4.69, 9.17) is 11.5 Å². The molecule has 0 fully saturated rings. The van der Waals surface area contributed by atoms with Crippen molar-refractivity contribution in [2.45, 2.75) is 13.5 Å². The van der Waals surface area contributed by atoms with Crippen LogP contribution in [0.25, 0.3) is 0 Å². The molecular weight excluding hydrogens is 214 g/mol. The molecule has 0 unspecified atom stereocenters. The van der Waals surface area contributed by atoms with E-state index >= 15 is 0 Å². The van der Waals surface area contributed by atoms with E-state index in [1.54, 1.807) is 12.1 Å². The molecule has 2 aromatic heterocycles. The van der Waals surface area contributed by atoms with Crippen LogP contribution in [0.15, 0.2) is 30.5 Å². The van der Waals surface area contributed by atoms with E-state index < -0.39 is 0 Å². The van der Waals surface area contributed by atoms with Crippen LogP contribution >= 0.6 is 0 Å². The first-order chi connectivity index (χ1) is 8.15. The monoisotopic (exact) mass is 229 g/mol. The van der Waals surface area contributed by atoms with E-state index in [2.05, 4.69) is 15.3 Å². The number of hydrogen-bond acceptors (Lipinski definition) is 5. The highest BCUT2D eigenvalue weighted by Gasteiger charge is 1.99. The average Bonchev–Trinajstić information content (AvgIpc) is 2.33. The number of aryl methyl sites for hydroxylation is 1. The molecule has 0 aromatic carbocycles. The molecule has 5 heteroatoms. The predicted molar refractivity (Wildman–Crippen MR) is 69.4 cm³/mol. The van der Waals surface area contributed by atoms with Gasteiger partial charge < -0.3 is 16.8 Å². The summed E-state index contributed by atoms with van der Waals surface area (Å²) in [6.07, 6.45) is 1.84. The lowest BCUT2D eigenvalue weighted by Crippen LogP contribution is -2.05. The zero-order chi connectivity index (χ0) is 12.3. The second-order valence-electron chi connectivity index (χ2n) is 3.83. The van der Waals surface area contributed by atoms with Crippen LogP contribution in [0.5, 0.6) is 0 Å². The fourth-order valence-corrected chi connectivity index (χ4v) is 1.38. The summed E-state index contributed by atoms with van der Waals surface area (Å²) in [5.74, 6) is 1.05. The zero-order valence-electron chi connectivity index (χ0n) is 9.64. The van der Waals surface area contributed by atoms with Crippen molar-refractivity contribution in [1.29, 1.82) is 0 Å². The van der Waals surface area contributed by atoms with Crippen LogP contribution in [-0.4, -0.2) is 9.97 Å². The molecule has 88 valence electrons. The van der Waals surface area contributed by atoms with Crippen LogP contribution in [0.4, 0.5) is 17.3 Å². The molecule has 17 heavy (non-hydrogen) atoms. The minimum Gasteiger partial charge on any atom is -0.396 e. The highest BCUT2D eigenvalue weighted by atomic mass is 15.0. The number of rotatable bonds is 3. The second-order valence-corrected chi connectivity index (χ2v) is 3.83. The fraction of sp³-hybridized carbons (Fsp3) is 0.167. The summed E-state index contributed by atoms with van der Waals surface area (Å²) in [5, 5.41) is 3.16. The topological polar surface area (TPSA) is 89.8 Å². The molecule has 0 bridgehead atoms. The van der Waals surface area contributed by atoms with Crippen LogP contribution < -0.4 is 16.8 Å². The van der Waals surface area contributed by atoms with Gasteiger partial charge in [-0.05, 0) is 30.7 Å². The molecule has 2 heterocycles. The van der Waals surface area contributed by atoms with E-state index in [0.717, 1.165) is 11.3 Å². The van der Waals surface area contributed by atoms with Crippen LogP contribution in [-0.2, 0) is 6.54 Å². The molecule has 0 aliphatic rings. The smallest absolute Gasteiger partial charge is 0.149 e. The maximum Gasteiger partial charge on any atom is 0.149 e. The first-order valence-corrected chi connectivity index (χ1v) is 5.32. The van der Waals surface area contributed by atoms with Gasteiger partial charge in [-0.15, -0.1) is 0 Å². The van der Waals surface area contributed by atoms with Crippen molar-refractivity contribution in [3.63, 3.8) is 0 Å². The quantitative estimate of drug-likeness (QED) is 0.743. The third kappa shape index (κ3) is 2.84. The lowest BCUT2D eigenvalue weighted by atomic mass is 10.2. The van der Waals surface area contributed by atoms with Crippen molar-refractivity contribution in [3.05, 3.63) is 41.7 Å². The molecular formula is C12H15N5. The summed E-state index contributed by atoms with van der Waals surface area (Å²) in [6, 6.07) is 7.53. The van der Waals surface area contributed by atoms with Gasteiger partial charge in [0, 0.05) is 18.4 Å². The molecule has 5 N–H and O–H groups in total. The summed E-state index contributed by atoms with van der Waals surface area (Å²) in [5.41, 5.74) is 13.8.